The molecule has 0 saturated heterocycles. The Morgan fingerprint density at radius 2 is 1.74 bits per heavy atom. The van der Waals surface area contributed by atoms with Gasteiger partial charge in [0.15, 0.2) is 0 Å². The first kappa shape index (κ1) is 22.5. The fraction of sp³-hybridized carbons (Fsp3) is 0.115. The lowest BCUT2D eigenvalue weighted by Gasteiger charge is -2.26. The molecule has 0 bridgehead atoms. The summed E-state index contributed by atoms with van der Waals surface area (Å²) in [5, 5.41) is 16.5. The number of aromatic nitrogens is 4. The number of imide groups is 1. The first-order valence-corrected chi connectivity index (χ1v) is 12.2. The van der Waals surface area contributed by atoms with E-state index in [0.717, 1.165) is 27.1 Å². The van der Waals surface area contributed by atoms with Crippen molar-refractivity contribution >= 4 is 29.7 Å². The van der Waals surface area contributed by atoms with Gasteiger partial charge in [0.1, 0.15) is 0 Å². The smallest absolute Gasteiger partial charge is 0.258 e. The molecule has 3 aromatic carbocycles. The molecule has 174 valence electrons. The van der Waals surface area contributed by atoms with E-state index in [1.54, 1.807) is 30.0 Å². The summed E-state index contributed by atoms with van der Waals surface area (Å²) in [5.41, 5.74) is 5.03. The summed E-state index contributed by atoms with van der Waals surface area (Å²) >= 11 is 1.60. The molecule has 0 unspecified atom stereocenters. The van der Waals surface area contributed by atoms with E-state index in [4.69, 9.17) is 0 Å². The minimum Gasteiger partial charge on any atom is -0.369 e. The van der Waals surface area contributed by atoms with Crippen LogP contribution in [0.3, 0.4) is 0 Å². The van der Waals surface area contributed by atoms with Gasteiger partial charge in [-0.3, -0.25) is 14.9 Å². The predicted molar refractivity (Wildman–Crippen MR) is 134 cm³/mol. The average molecular weight is 483 g/mol. The number of nitrogens with one attached hydrogen (secondary N) is 2. The van der Waals surface area contributed by atoms with Gasteiger partial charge in [-0.1, -0.05) is 30.3 Å². The number of benzene rings is 3. The number of amides is 2. The minimum absolute atomic E-state index is 0.411. The van der Waals surface area contributed by atoms with Crippen molar-refractivity contribution in [3.8, 4) is 11.4 Å². The highest BCUT2D eigenvalue weighted by atomic mass is 32.2. The maximum atomic E-state index is 12.8. The summed E-state index contributed by atoms with van der Waals surface area (Å²) in [6.45, 7) is 1.37. The third kappa shape index (κ3) is 5.15. The van der Waals surface area contributed by atoms with Gasteiger partial charge in [-0.15, -0.1) is 22.0 Å². The summed E-state index contributed by atoms with van der Waals surface area (Å²) in [5.74, 6) is -0.263. The molecule has 2 amide bonds. The molecular formula is C26H22N6O2S. The van der Waals surface area contributed by atoms with E-state index in [9.17, 15) is 9.59 Å². The normalized spacial score (nSPS) is 12.3. The van der Waals surface area contributed by atoms with E-state index in [1.165, 1.54) is 0 Å². The van der Waals surface area contributed by atoms with Crippen molar-refractivity contribution < 1.29 is 9.59 Å². The van der Waals surface area contributed by atoms with Crippen LogP contribution in [0.2, 0.25) is 0 Å². The fourth-order valence-corrected chi connectivity index (χ4v) is 4.29. The Morgan fingerprint density at radius 1 is 1.00 bits per heavy atom. The molecule has 8 nitrogen and oxygen atoms in total. The second kappa shape index (κ2) is 9.94. The van der Waals surface area contributed by atoms with Crippen LogP contribution in [0.15, 0.2) is 77.8 Å². The van der Waals surface area contributed by atoms with Crippen LogP contribution in [0.4, 0.5) is 0 Å². The molecule has 2 heterocycles. The lowest BCUT2D eigenvalue weighted by molar-refractivity contribution is 0.0849. The van der Waals surface area contributed by atoms with Crippen LogP contribution < -0.4 is 5.32 Å². The molecule has 4 aromatic rings. The first-order chi connectivity index (χ1) is 17.1. The van der Waals surface area contributed by atoms with Crippen LogP contribution in [0.5, 0.6) is 0 Å². The van der Waals surface area contributed by atoms with Gasteiger partial charge in [0.2, 0.25) is 5.82 Å². The van der Waals surface area contributed by atoms with E-state index in [2.05, 4.69) is 37.0 Å². The molecular weight excluding hydrogens is 460 g/mol. The van der Waals surface area contributed by atoms with Gasteiger partial charge in [0.25, 0.3) is 11.8 Å². The first-order valence-electron chi connectivity index (χ1n) is 11.0. The molecule has 1 aliphatic rings. The number of H-pyrrole nitrogens is 1. The number of nitrogens with zero attached hydrogens (tertiary/aromatic N) is 4. The summed E-state index contributed by atoms with van der Waals surface area (Å²) in [6, 6.07) is 20.7. The van der Waals surface area contributed by atoms with Gasteiger partial charge in [-0.05, 0) is 70.6 Å². The summed E-state index contributed by atoms with van der Waals surface area (Å²) in [7, 11) is 0. The number of hydrogen-bond donors (Lipinski definition) is 2. The zero-order valence-corrected chi connectivity index (χ0v) is 19.7. The zero-order valence-electron chi connectivity index (χ0n) is 18.9. The Morgan fingerprint density at radius 3 is 2.46 bits per heavy atom. The number of carbonyl (C=O) groups excluding carboxylic acids is 2. The number of thioether (sulfide) groups is 1. The summed E-state index contributed by atoms with van der Waals surface area (Å²) in [6.07, 6.45) is 6.06. The van der Waals surface area contributed by atoms with Crippen molar-refractivity contribution in [3.63, 3.8) is 0 Å². The van der Waals surface area contributed by atoms with E-state index in [0.29, 0.717) is 30.0 Å². The third-order valence-electron chi connectivity index (χ3n) is 5.77. The van der Waals surface area contributed by atoms with Gasteiger partial charge >= 0.3 is 0 Å². The molecule has 0 spiro atoms. The zero-order chi connectivity index (χ0) is 24.2. The number of rotatable bonds is 6. The number of fused-ring (bicyclic) bond motifs is 1. The Bertz CT molecular complexity index is 1380. The molecule has 9 heteroatoms. The number of carbonyl (C=O) groups is 2. The lowest BCUT2D eigenvalue weighted by atomic mass is 10.00. The number of tetrazole rings is 1. The fourth-order valence-electron chi connectivity index (χ4n) is 3.88. The predicted octanol–water partition coefficient (Wildman–Crippen LogP) is 4.15. The molecule has 2 N–H and O–H groups in total. The minimum atomic E-state index is -0.412. The SMILES string of the molecule is CSc1ccc(C(=O)NC(=O)c2ccc3c(c2)CN(Cc2ccc(-c4nn[nH]n4)cc2)C=C3)cc1. The highest BCUT2D eigenvalue weighted by Gasteiger charge is 2.17. The van der Waals surface area contributed by atoms with E-state index in [1.807, 2.05) is 60.9 Å². The third-order valence-corrected chi connectivity index (χ3v) is 6.51. The topological polar surface area (TPSA) is 104 Å². The van der Waals surface area contributed by atoms with Crippen molar-refractivity contribution in [2.75, 3.05) is 6.26 Å². The Balaban J connectivity index is 1.24. The highest BCUT2D eigenvalue weighted by Crippen LogP contribution is 2.24. The van der Waals surface area contributed by atoms with Gasteiger partial charge in [-0.2, -0.15) is 5.21 Å². The maximum Gasteiger partial charge on any atom is 0.258 e. The second-order valence-corrected chi connectivity index (χ2v) is 8.96. The van der Waals surface area contributed by atoms with Crippen molar-refractivity contribution in [1.82, 2.24) is 30.8 Å². The molecule has 0 fully saturated rings. The Hall–Kier alpha value is -4.24. The van der Waals surface area contributed by atoms with Crippen molar-refractivity contribution in [2.45, 2.75) is 18.0 Å². The largest absolute Gasteiger partial charge is 0.369 e. The van der Waals surface area contributed by atoms with Crippen molar-refractivity contribution in [1.29, 1.82) is 0 Å². The monoisotopic (exact) mass is 482 g/mol. The molecule has 0 saturated carbocycles. The van der Waals surface area contributed by atoms with Crippen molar-refractivity contribution in [2.24, 2.45) is 0 Å². The average Bonchev–Trinajstić information content (AvgIpc) is 3.44. The van der Waals surface area contributed by atoms with Crippen LogP contribution in [0, 0.1) is 0 Å². The Labute approximate surface area is 206 Å². The van der Waals surface area contributed by atoms with Crippen molar-refractivity contribution in [3.05, 3.63) is 101 Å². The van der Waals surface area contributed by atoms with E-state index in [-0.39, 0.29) is 0 Å². The second-order valence-electron chi connectivity index (χ2n) is 8.08. The van der Waals surface area contributed by atoms with Gasteiger partial charge < -0.3 is 4.90 Å². The van der Waals surface area contributed by atoms with Gasteiger partial charge in [-0.25, -0.2) is 0 Å². The standard InChI is InChI=1S/C26H22N6O2S/c1-35-23-10-8-20(9-11-23)25(33)27-26(34)21-7-6-18-12-13-32(16-22(18)14-21)15-17-2-4-19(5-3-17)24-28-30-31-29-24/h2-14H,15-16H2,1H3,(H,27,33,34)(H,28,29,30,31). The highest BCUT2D eigenvalue weighted by molar-refractivity contribution is 7.98. The van der Waals surface area contributed by atoms with Gasteiger partial charge in [0, 0.05) is 40.9 Å². The molecule has 1 aromatic heterocycles. The maximum absolute atomic E-state index is 12.8. The number of hydrogen-bond acceptors (Lipinski definition) is 7. The molecule has 0 aliphatic carbocycles. The molecule has 1 aliphatic heterocycles. The molecule has 0 radical (unpaired) electrons. The van der Waals surface area contributed by atoms with Crippen LogP contribution in [0.25, 0.3) is 17.5 Å². The summed E-state index contributed by atoms with van der Waals surface area (Å²) < 4.78 is 0. The lowest BCUT2D eigenvalue weighted by Crippen LogP contribution is -2.30. The quantitative estimate of drug-likeness (QED) is 0.314. The van der Waals surface area contributed by atoms with Gasteiger partial charge in [0.05, 0.1) is 0 Å². The van der Waals surface area contributed by atoms with E-state index < -0.39 is 11.8 Å². The summed E-state index contributed by atoms with van der Waals surface area (Å²) in [4.78, 5) is 28.5. The molecule has 0 atom stereocenters. The van der Waals surface area contributed by atoms with Crippen LogP contribution >= 0.6 is 11.8 Å². The van der Waals surface area contributed by atoms with Crippen LogP contribution in [-0.4, -0.2) is 43.6 Å². The molecule has 35 heavy (non-hydrogen) atoms. The molecule has 5 rings (SSSR count). The van der Waals surface area contributed by atoms with Crippen LogP contribution in [0.1, 0.15) is 37.4 Å². The van der Waals surface area contributed by atoms with E-state index >= 15 is 0 Å². The Kier molecular flexibility index (Phi) is 6.40. The van der Waals surface area contributed by atoms with Crippen LogP contribution in [-0.2, 0) is 13.1 Å². The number of aromatic amines is 1.